The zero-order valence-corrected chi connectivity index (χ0v) is 17.3. The summed E-state index contributed by atoms with van der Waals surface area (Å²) < 4.78 is 10.4. The normalized spacial score (nSPS) is 18.7. The van der Waals surface area contributed by atoms with E-state index in [1.54, 1.807) is 7.11 Å². The van der Waals surface area contributed by atoms with Crippen molar-refractivity contribution in [2.75, 3.05) is 59.7 Å². The predicted molar refractivity (Wildman–Crippen MR) is 107 cm³/mol. The van der Waals surface area contributed by atoms with Gasteiger partial charge in [0.25, 0.3) is 0 Å². The van der Waals surface area contributed by atoms with E-state index in [9.17, 15) is 0 Å². The fraction of sp³-hybridized carbons (Fsp3) is 0.938. The van der Waals surface area contributed by atoms with Crippen LogP contribution in [0.4, 0.5) is 0 Å². The molecule has 0 aliphatic carbocycles. The van der Waals surface area contributed by atoms with Gasteiger partial charge in [0, 0.05) is 32.8 Å². The van der Waals surface area contributed by atoms with Crippen LogP contribution >= 0.6 is 24.0 Å². The van der Waals surface area contributed by atoms with Gasteiger partial charge in [-0.25, -0.2) is 0 Å². The Balaban J connectivity index is 0.00000484. The topological polar surface area (TPSA) is 58.1 Å². The fourth-order valence-corrected chi connectivity index (χ4v) is 2.68. The molecule has 1 unspecified atom stereocenters. The first-order chi connectivity index (χ1) is 10.8. The predicted octanol–water partition coefficient (Wildman–Crippen LogP) is 1.70. The van der Waals surface area contributed by atoms with E-state index in [4.69, 9.17) is 14.5 Å². The maximum atomic E-state index is 5.45. The van der Waals surface area contributed by atoms with Crippen LogP contribution in [-0.4, -0.2) is 76.6 Å². The molecule has 1 saturated heterocycles. The molecular formula is C16H35IN4O2. The third-order valence-corrected chi connectivity index (χ3v) is 3.90. The van der Waals surface area contributed by atoms with Crippen molar-refractivity contribution in [1.82, 2.24) is 15.5 Å². The van der Waals surface area contributed by atoms with Crippen LogP contribution in [0.2, 0.25) is 0 Å². The Morgan fingerprint density at radius 1 is 1.22 bits per heavy atom. The van der Waals surface area contributed by atoms with Gasteiger partial charge in [0.15, 0.2) is 5.96 Å². The second kappa shape index (κ2) is 15.4. The van der Waals surface area contributed by atoms with E-state index < -0.39 is 0 Å². The molecule has 1 aliphatic heterocycles. The molecule has 0 aromatic carbocycles. The number of halogens is 1. The van der Waals surface area contributed by atoms with E-state index in [0.29, 0.717) is 19.3 Å². The second-order valence-corrected chi connectivity index (χ2v) is 5.53. The number of methoxy groups -OCH3 is 1. The van der Waals surface area contributed by atoms with Crippen molar-refractivity contribution in [2.45, 2.75) is 39.2 Å². The highest BCUT2D eigenvalue weighted by atomic mass is 127. The minimum absolute atomic E-state index is 0. The van der Waals surface area contributed by atoms with Crippen LogP contribution in [-0.2, 0) is 9.47 Å². The van der Waals surface area contributed by atoms with Crippen molar-refractivity contribution in [3.8, 4) is 0 Å². The van der Waals surface area contributed by atoms with Gasteiger partial charge in [0.05, 0.1) is 19.8 Å². The molecule has 138 valence electrons. The molecule has 6 nitrogen and oxygen atoms in total. The van der Waals surface area contributed by atoms with Gasteiger partial charge in [-0.1, -0.05) is 6.92 Å². The summed E-state index contributed by atoms with van der Waals surface area (Å²) in [6.07, 6.45) is 3.54. The Bertz CT molecular complexity index is 306. The summed E-state index contributed by atoms with van der Waals surface area (Å²) in [5, 5.41) is 6.69. The zero-order chi connectivity index (χ0) is 16.0. The summed E-state index contributed by atoms with van der Waals surface area (Å²) in [6, 6.07) is 0.609. The van der Waals surface area contributed by atoms with E-state index in [0.717, 1.165) is 45.2 Å². The molecule has 7 heteroatoms. The molecule has 23 heavy (non-hydrogen) atoms. The minimum Gasteiger partial charge on any atom is -0.382 e. The number of aliphatic imine (C=N–C) groups is 1. The van der Waals surface area contributed by atoms with Gasteiger partial charge in [-0.3, -0.25) is 9.89 Å². The van der Waals surface area contributed by atoms with Gasteiger partial charge in [-0.05, 0) is 39.3 Å². The van der Waals surface area contributed by atoms with Crippen LogP contribution in [0.15, 0.2) is 4.99 Å². The van der Waals surface area contributed by atoms with Gasteiger partial charge in [0.1, 0.15) is 0 Å². The molecule has 0 amide bonds. The molecule has 0 saturated carbocycles. The fourth-order valence-electron chi connectivity index (χ4n) is 2.68. The summed E-state index contributed by atoms with van der Waals surface area (Å²) >= 11 is 0. The average molecular weight is 442 g/mol. The molecule has 1 fully saturated rings. The van der Waals surface area contributed by atoms with E-state index in [1.165, 1.54) is 19.4 Å². The van der Waals surface area contributed by atoms with E-state index in [2.05, 4.69) is 29.4 Å². The lowest BCUT2D eigenvalue weighted by Crippen LogP contribution is -2.39. The van der Waals surface area contributed by atoms with Crippen molar-refractivity contribution >= 4 is 29.9 Å². The molecule has 2 N–H and O–H groups in total. The summed E-state index contributed by atoms with van der Waals surface area (Å²) in [4.78, 5) is 7.26. The molecule has 1 atom stereocenters. The van der Waals surface area contributed by atoms with Crippen molar-refractivity contribution in [3.05, 3.63) is 0 Å². The molecular weight excluding hydrogens is 407 g/mol. The van der Waals surface area contributed by atoms with Gasteiger partial charge in [-0.2, -0.15) is 0 Å². The van der Waals surface area contributed by atoms with Crippen molar-refractivity contribution in [2.24, 2.45) is 4.99 Å². The van der Waals surface area contributed by atoms with Gasteiger partial charge in [-0.15, -0.1) is 24.0 Å². The third-order valence-electron chi connectivity index (χ3n) is 3.90. The summed E-state index contributed by atoms with van der Waals surface area (Å²) in [5.41, 5.74) is 0. The third kappa shape index (κ3) is 10.4. The Hall–Kier alpha value is -0.120. The first-order valence-corrected chi connectivity index (χ1v) is 8.64. The first-order valence-electron chi connectivity index (χ1n) is 8.64. The van der Waals surface area contributed by atoms with E-state index in [-0.39, 0.29) is 24.0 Å². The number of ether oxygens (including phenoxy) is 2. The minimum atomic E-state index is 0. The monoisotopic (exact) mass is 442 g/mol. The highest BCUT2D eigenvalue weighted by Crippen LogP contribution is 2.16. The van der Waals surface area contributed by atoms with Crippen LogP contribution in [0.5, 0.6) is 0 Å². The van der Waals surface area contributed by atoms with E-state index in [1.807, 2.05) is 0 Å². The Kier molecular flexibility index (Phi) is 15.3. The number of hydrogen-bond acceptors (Lipinski definition) is 4. The van der Waals surface area contributed by atoms with Gasteiger partial charge < -0.3 is 20.1 Å². The average Bonchev–Trinajstić information content (AvgIpc) is 2.99. The highest BCUT2D eigenvalue weighted by Gasteiger charge is 2.22. The Morgan fingerprint density at radius 2 is 2.04 bits per heavy atom. The Labute approximate surface area is 158 Å². The van der Waals surface area contributed by atoms with Gasteiger partial charge >= 0.3 is 0 Å². The van der Waals surface area contributed by atoms with Crippen LogP contribution in [0, 0.1) is 0 Å². The second-order valence-electron chi connectivity index (χ2n) is 5.53. The number of likely N-dealkylation sites (tertiary alicyclic amines) is 1. The number of likely N-dealkylation sites (N-methyl/N-ethyl adjacent to an activating group) is 1. The number of hydrogen-bond donors (Lipinski definition) is 2. The molecule has 1 heterocycles. The van der Waals surface area contributed by atoms with Crippen molar-refractivity contribution in [3.63, 3.8) is 0 Å². The van der Waals surface area contributed by atoms with Crippen LogP contribution < -0.4 is 10.6 Å². The quantitative estimate of drug-likeness (QED) is 0.221. The first kappa shape index (κ1) is 22.9. The van der Waals surface area contributed by atoms with Crippen molar-refractivity contribution in [1.29, 1.82) is 0 Å². The summed E-state index contributed by atoms with van der Waals surface area (Å²) in [6.45, 7) is 11.4. The van der Waals surface area contributed by atoms with Crippen LogP contribution in [0.3, 0.4) is 0 Å². The van der Waals surface area contributed by atoms with Crippen LogP contribution in [0.1, 0.15) is 33.1 Å². The van der Waals surface area contributed by atoms with Crippen LogP contribution in [0.25, 0.3) is 0 Å². The molecule has 0 bridgehead atoms. The summed E-state index contributed by atoms with van der Waals surface area (Å²) in [7, 11) is 1.69. The molecule has 0 aromatic rings. The largest absolute Gasteiger partial charge is 0.382 e. The smallest absolute Gasteiger partial charge is 0.191 e. The summed E-state index contributed by atoms with van der Waals surface area (Å²) in [5.74, 6) is 0.919. The lowest BCUT2D eigenvalue weighted by Gasteiger charge is -2.21. The number of nitrogens with one attached hydrogen (secondary N) is 2. The lowest BCUT2D eigenvalue weighted by atomic mass is 10.2. The molecule has 0 radical (unpaired) electrons. The highest BCUT2D eigenvalue weighted by molar-refractivity contribution is 14.0. The van der Waals surface area contributed by atoms with Gasteiger partial charge in [0.2, 0.25) is 0 Å². The lowest BCUT2D eigenvalue weighted by molar-refractivity contribution is 0.0698. The van der Waals surface area contributed by atoms with Crippen molar-refractivity contribution < 1.29 is 9.47 Å². The molecule has 1 aliphatic rings. The maximum Gasteiger partial charge on any atom is 0.191 e. The number of rotatable bonds is 11. The maximum absolute atomic E-state index is 5.45. The number of guanidine groups is 1. The SMILES string of the molecule is CCNC(=NCC1CCCN1CC)NCCCOCCOC.I. The Morgan fingerprint density at radius 3 is 2.74 bits per heavy atom. The number of nitrogens with zero attached hydrogens (tertiary/aromatic N) is 2. The van der Waals surface area contributed by atoms with E-state index >= 15 is 0 Å². The molecule has 0 aromatic heterocycles. The standard InChI is InChI=1S/C16H34N4O2.HI/c1-4-17-16(18-9-7-11-22-13-12-21-3)19-14-15-8-6-10-20(15)5-2;/h15H,4-14H2,1-3H3,(H2,17,18,19);1H. The molecule has 0 spiro atoms. The molecule has 1 rings (SSSR count). The zero-order valence-electron chi connectivity index (χ0n) is 15.0.